The molecule has 1 atom stereocenters. The van der Waals surface area contributed by atoms with Crippen molar-refractivity contribution in [3.63, 3.8) is 0 Å². The zero-order valence-corrected chi connectivity index (χ0v) is 10.1. The summed E-state index contributed by atoms with van der Waals surface area (Å²) in [5.41, 5.74) is 5.81. The predicted octanol–water partition coefficient (Wildman–Crippen LogP) is 0.130. The molecule has 0 radical (unpaired) electrons. The van der Waals surface area contributed by atoms with Gasteiger partial charge in [0.05, 0.1) is 0 Å². The number of aromatic nitrogens is 2. The summed E-state index contributed by atoms with van der Waals surface area (Å²) in [5.74, 6) is 0.840. The molecule has 0 amide bonds. The molecule has 0 saturated carbocycles. The standard InChI is InChI=1S/C10H16N4O.ClH/c1-13-10(15)5-4-9(12-13)14-6-2-3-8(11)7-14;/h4-5,8H,2-3,6-7,11H2,1H3;1H. The van der Waals surface area contributed by atoms with E-state index in [0.29, 0.717) is 0 Å². The average Bonchev–Trinajstić information content (AvgIpc) is 2.22. The lowest BCUT2D eigenvalue weighted by atomic mass is 10.1. The average molecular weight is 245 g/mol. The summed E-state index contributed by atoms with van der Waals surface area (Å²) in [6.45, 7) is 1.80. The molecule has 0 spiro atoms. The summed E-state index contributed by atoms with van der Waals surface area (Å²) < 4.78 is 1.36. The van der Waals surface area contributed by atoms with Gasteiger partial charge in [-0.3, -0.25) is 4.79 Å². The van der Waals surface area contributed by atoms with Crippen molar-refractivity contribution < 1.29 is 0 Å². The predicted molar refractivity (Wildman–Crippen MR) is 66.1 cm³/mol. The molecule has 6 heteroatoms. The molecular formula is C10H17ClN4O. The van der Waals surface area contributed by atoms with Crippen LogP contribution in [0, 0.1) is 0 Å². The van der Waals surface area contributed by atoms with E-state index in [1.807, 2.05) is 0 Å². The van der Waals surface area contributed by atoms with Gasteiger partial charge in [-0.25, -0.2) is 4.68 Å². The highest BCUT2D eigenvalue weighted by Gasteiger charge is 2.17. The van der Waals surface area contributed by atoms with Gasteiger partial charge >= 0.3 is 0 Å². The molecule has 1 fully saturated rings. The van der Waals surface area contributed by atoms with Gasteiger partial charge < -0.3 is 10.6 Å². The van der Waals surface area contributed by atoms with Crippen LogP contribution >= 0.6 is 12.4 Å². The van der Waals surface area contributed by atoms with E-state index in [1.54, 1.807) is 19.2 Å². The van der Waals surface area contributed by atoms with Crippen LogP contribution in [0.25, 0.3) is 0 Å². The van der Waals surface area contributed by atoms with Crippen molar-refractivity contribution in [1.29, 1.82) is 0 Å². The third-order valence-corrected chi connectivity index (χ3v) is 2.73. The Balaban J connectivity index is 0.00000128. The first kappa shape index (κ1) is 13.0. The fourth-order valence-corrected chi connectivity index (χ4v) is 1.88. The summed E-state index contributed by atoms with van der Waals surface area (Å²) in [4.78, 5) is 13.3. The molecule has 16 heavy (non-hydrogen) atoms. The summed E-state index contributed by atoms with van der Waals surface area (Å²) in [6.07, 6.45) is 2.16. The highest BCUT2D eigenvalue weighted by atomic mass is 35.5. The SMILES string of the molecule is Cl.Cn1nc(N2CCCC(N)C2)ccc1=O. The topological polar surface area (TPSA) is 64.2 Å². The Kier molecular flexibility index (Phi) is 4.32. The normalized spacial score (nSPS) is 20.4. The lowest BCUT2D eigenvalue weighted by molar-refractivity contribution is 0.498. The zero-order chi connectivity index (χ0) is 10.8. The van der Waals surface area contributed by atoms with E-state index in [1.165, 1.54) is 4.68 Å². The van der Waals surface area contributed by atoms with E-state index in [0.717, 1.165) is 31.7 Å². The molecule has 2 heterocycles. The van der Waals surface area contributed by atoms with E-state index in [-0.39, 0.29) is 24.0 Å². The van der Waals surface area contributed by atoms with Gasteiger partial charge in [0.2, 0.25) is 0 Å². The molecular weight excluding hydrogens is 228 g/mol. The smallest absolute Gasteiger partial charge is 0.266 e. The summed E-state index contributed by atoms with van der Waals surface area (Å²) in [6, 6.07) is 3.53. The minimum atomic E-state index is -0.0833. The van der Waals surface area contributed by atoms with Crippen LogP contribution in [0.3, 0.4) is 0 Å². The second-order valence-electron chi connectivity index (χ2n) is 4.00. The van der Waals surface area contributed by atoms with Crippen LogP contribution in [-0.4, -0.2) is 28.9 Å². The van der Waals surface area contributed by atoms with Gasteiger partial charge in [-0.05, 0) is 18.9 Å². The first-order valence-corrected chi connectivity index (χ1v) is 5.22. The van der Waals surface area contributed by atoms with E-state index < -0.39 is 0 Å². The van der Waals surface area contributed by atoms with Gasteiger partial charge in [0, 0.05) is 32.2 Å². The quantitative estimate of drug-likeness (QED) is 0.763. The highest BCUT2D eigenvalue weighted by molar-refractivity contribution is 5.85. The number of piperidine rings is 1. The van der Waals surface area contributed by atoms with Crippen molar-refractivity contribution in [2.75, 3.05) is 18.0 Å². The first-order chi connectivity index (χ1) is 7.16. The largest absolute Gasteiger partial charge is 0.354 e. The molecule has 2 N–H and O–H groups in total. The van der Waals surface area contributed by atoms with Crippen LogP contribution < -0.4 is 16.2 Å². The van der Waals surface area contributed by atoms with Crippen LogP contribution in [0.4, 0.5) is 5.82 Å². The zero-order valence-electron chi connectivity index (χ0n) is 9.30. The van der Waals surface area contributed by atoms with E-state index >= 15 is 0 Å². The third kappa shape index (κ3) is 2.74. The Morgan fingerprint density at radius 2 is 2.25 bits per heavy atom. The number of anilines is 1. The van der Waals surface area contributed by atoms with Crippen molar-refractivity contribution in [2.45, 2.75) is 18.9 Å². The molecule has 90 valence electrons. The van der Waals surface area contributed by atoms with Crippen molar-refractivity contribution in [1.82, 2.24) is 9.78 Å². The van der Waals surface area contributed by atoms with Crippen LogP contribution in [0.5, 0.6) is 0 Å². The van der Waals surface area contributed by atoms with Crippen molar-refractivity contribution in [2.24, 2.45) is 12.8 Å². The minimum Gasteiger partial charge on any atom is -0.354 e. The summed E-state index contributed by atoms with van der Waals surface area (Å²) in [5, 5.41) is 4.21. The molecule has 0 aliphatic carbocycles. The van der Waals surface area contributed by atoms with Crippen molar-refractivity contribution in [3.8, 4) is 0 Å². The summed E-state index contributed by atoms with van der Waals surface area (Å²) in [7, 11) is 1.66. The maximum absolute atomic E-state index is 11.2. The highest BCUT2D eigenvalue weighted by Crippen LogP contribution is 2.14. The molecule has 1 aliphatic rings. The maximum atomic E-state index is 11.2. The van der Waals surface area contributed by atoms with E-state index in [2.05, 4.69) is 10.00 Å². The number of nitrogens with zero attached hydrogens (tertiary/aromatic N) is 3. The minimum absolute atomic E-state index is 0. The fourth-order valence-electron chi connectivity index (χ4n) is 1.88. The van der Waals surface area contributed by atoms with Gasteiger partial charge in [-0.1, -0.05) is 0 Å². The number of aryl methyl sites for hydroxylation is 1. The lowest BCUT2D eigenvalue weighted by Crippen LogP contribution is -2.43. The first-order valence-electron chi connectivity index (χ1n) is 5.22. The van der Waals surface area contributed by atoms with E-state index in [4.69, 9.17) is 5.73 Å². The van der Waals surface area contributed by atoms with Crippen LogP contribution in [-0.2, 0) is 7.05 Å². The molecule has 1 saturated heterocycles. The van der Waals surface area contributed by atoms with Crippen molar-refractivity contribution in [3.05, 3.63) is 22.5 Å². The second kappa shape index (κ2) is 5.32. The number of nitrogens with two attached hydrogens (primary N) is 1. The molecule has 2 rings (SSSR count). The second-order valence-corrected chi connectivity index (χ2v) is 4.00. The molecule has 0 bridgehead atoms. The van der Waals surface area contributed by atoms with Crippen LogP contribution in [0.15, 0.2) is 16.9 Å². The third-order valence-electron chi connectivity index (χ3n) is 2.73. The lowest BCUT2D eigenvalue weighted by Gasteiger charge is -2.31. The number of halogens is 1. The monoisotopic (exact) mass is 244 g/mol. The van der Waals surface area contributed by atoms with Gasteiger partial charge in [-0.2, -0.15) is 5.10 Å². The Bertz CT molecular complexity index is 406. The van der Waals surface area contributed by atoms with Gasteiger partial charge in [0.15, 0.2) is 0 Å². The Morgan fingerprint density at radius 3 is 2.88 bits per heavy atom. The molecule has 1 unspecified atom stereocenters. The Hall–Kier alpha value is -1.07. The Morgan fingerprint density at radius 1 is 1.50 bits per heavy atom. The molecule has 0 aromatic carbocycles. The number of hydrogen-bond donors (Lipinski definition) is 1. The van der Waals surface area contributed by atoms with Gasteiger partial charge in [0.1, 0.15) is 5.82 Å². The van der Waals surface area contributed by atoms with Crippen molar-refractivity contribution >= 4 is 18.2 Å². The number of rotatable bonds is 1. The maximum Gasteiger partial charge on any atom is 0.266 e. The number of hydrogen-bond acceptors (Lipinski definition) is 4. The van der Waals surface area contributed by atoms with Gasteiger partial charge in [0.25, 0.3) is 5.56 Å². The van der Waals surface area contributed by atoms with E-state index in [9.17, 15) is 4.79 Å². The Labute approximate surface area is 101 Å². The molecule has 1 aromatic heterocycles. The molecule has 1 aromatic rings. The fraction of sp³-hybridized carbons (Fsp3) is 0.600. The van der Waals surface area contributed by atoms with Gasteiger partial charge in [-0.15, -0.1) is 12.4 Å². The van der Waals surface area contributed by atoms with Crippen LogP contribution in [0.1, 0.15) is 12.8 Å². The molecule has 5 nitrogen and oxygen atoms in total. The summed E-state index contributed by atoms with van der Waals surface area (Å²) >= 11 is 0. The van der Waals surface area contributed by atoms with Crippen LogP contribution in [0.2, 0.25) is 0 Å². The molecule has 1 aliphatic heterocycles.